The molecule has 0 radical (unpaired) electrons. The van der Waals surface area contributed by atoms with Crippen LogP contribution in [0.3, 0.4) is 0 Å². The number of thiazole rings is 1. The molecule has 0 spiro atoms. The van der Waals surface area contributed by atoms with Crippen LogP contribution in [0.25, 0.3) is 0 Å². The number of aromatic nitrogens is 1. The number of hydrogen-bond acceptors (Lipinski definition) is 4. The van der Waals surface area contributed by atoms with Gasteiger partial charge in [0.25, 0.3) is 0 Å². The maximum atomic E-state index is 5.78. The molecule has 18 heavy (non-hydrogen) atoms. The summed E-state index contributed by atoms with van der Waals surface area (Å²) >= 11 is 5.15. The molecule has 3 nitrogen and oxygen atoms in total. The van der Waals surface area contributed by atoms with Crippen LogP contribution in [-0.4, -0.2) is 12.1 Å². The van der Waals surface area contributed by atoms with E-state index in [0.717, 1.165) is 23.1 Å². The fourth-order valence-corrected chi connectivity index (χ4v) is 4.06. The minimum Gasteiger partial charge on any atom is -0.496 e. The Morgan fingerprint density at radius 2 is 2.33 bits per heavy atom. The lowest BCUT2D eigenvalue weighted by molar-refractivity contribution is 0.412. The topological polar surface area (TPSA) is 48.1 Å². The maximum Gasteiger partial charge on any atom is 0.180 e. The molecule has 1 aliphatic rings. The lowest BCUT2D eigenvalue weighted by Gasteiger charge is -2.12. The zero-order chi connectivity index (χ0) is 12.7. The highest BCUT2D eigenvalue weighted by Crippen LogP contribution is 2.43. The summed E-state index contributed by atoms with van der Waals surface area (Å²) in [6, 6.07) is 6.26. The van der Waals surface area contributed by atoms with Crippen molar-refractivity contribution in [2.45, 2.75) is 18.8 Å². The van der Waals surface area contributed by atoms with E-state index in [1.165, 1.54) is 16.1 Å². The molecule has 1 aromatic carbocycles. The van der Waals surface area contributed by atoms with Gasteiger partial charge in [0.05, 0.1) is 17.3 Å². The molecular formula is C13H13BrN2OS. The number of hydrogen-bond donors (Lipinski definition) is 1. The summed E-state index contributed by atoms with van der Waals surface area (Å²) in [6.45, 7) is 0. The van der Waals surface area contributed by atoms with Gasteiger partial charge in [-0.2, -0.15) is 0 Å². The lowest BCUT2D eigenvalue weighted by Crippen LogP contribution is -1.95. The standard InChI is InChI=1S/C13H13BrN2OS/c1-17-11-5-2-7(6-9(11)14)8-3-4-10-12(8)18-13(15)16-10/h2,5-6,8H,3-4H2,1H3,(H2,15,16). The van der Waals surface area contributed by atoms with E-state index in [1.807, 2.05) is 6.07 Å². The first-order valence-corrected chi connectivity index (χ1v) is 7.38. The van der Waals surface area contributed by atoms with Crippen molar-refractivity contribution in [3.63, 3.8) is 0 Å². The summed E-state index contributed by atoms with van der Waals surface area (Å²) in [4.78, 5) is 5.71. The predicted molar refractivity (Wildman–Crippen MR) is 77.4 cm³/mol. The van der Waals surface area contributed by atoms with Gasteiger partial charge in [-0.25, -0.2) is 4.98 Å². The largest absolute Gasteiger partial charge is 0.496 e. The minimum absolute atomic E-state index is 0.428. The van der Waals surface area contributed by atoms with Crippen molar-refractivity contribution < 1.29 is 4.74 Å². The quantitative estimate of drug-likeness (QED) is 0.918. The van der Waals surface area contributed by atoms with Crippen LogP contribution < -0.4 is 10.5 Å². The number of ether oxygens (including phenoxy) is 1. The third-order valence-electron chi connectivity index (χ3n) is 3.31. The normalized spacial score (nSPS) is 17.8. The second-order valence-electron chi connectivity index (χ2n) is 4.35. The van der Waals surface area contributed by atoms with Gasteiger partial charge in [-0.3, -0.25) is 0 Å². The molecule has 0 fully saturated rings. The third kappa shape index (κ3) is 1.91. The minimum atomic E-state index is 0.428. The summed E-state index contributed by atoms with van der Waals surface area (Å²) in [5.74, 6) is 1.29. The summed E-state index contributed by atoms with van der Waals surface area (Å²) < 4.78 is 6.25. The van der Waals surface area contributed by atoms with E-state index < -0.39 is 0 Å². The highest BCUT2D eigenvalue weighted by molar-refractivity contribution is 9.10. The first-order chi connectivity index (χ1) is 8.69. The van der Waals surface area contributed by atoms with Gasteiger partial charge in [-0.15, -0.1) is 11.3 Å². The number of rotatable bonds is 2. The number of nitrogens with two attached hydrogens (primary N) is 1. The fraction of sp³-hybridized carbons (Fsp3) is 0.308. The number of anilines is 1. The second kappa shape index (κ2) is 4.55. The molecule has 1 atom stereocenters. The van der Waals surface area contributed by atoms with E-state index in [4.69, 9.17) is 10.5 Å². The first-order valence-electron chi connectivity index (χ1n) is 5.77. The Balaban J connectivity index is 1.99. The number of aryl methyl sites for hydroxylation is 1. The van der Waals surface area contributed by atoms with Crippen LogP contribution in [0.1, 0.15) is 28.5 Å². The Morgan fingerprint density at radius 1 is 1.50 bits per heavy atom. The number of fused-ring (bicyclic) bond motifs is 1. The molecule has 0 bridgehead atoms. The Kier molecular flexibility index (Phi) is 3.03. The highest BCUT2D eigenvalue weighted by Gasteiger charge is 2.28. The summed E-state index contributed by atoms with van der Waals surface area (Å²) in [5.41, 5.74) is 8.25. The molecule has 0 amide bonds. The van der Waals surface area contributed by atoms with E-state index in [2.05, 4.69) is 33.0 Å². The molecule has 5 heteroatoms. The summed E-state index contributed by atoms with van der Waals surface area (Å²) in [7, 11) is 1.68. The van der Waals surface area contributed by atoms with Crippen molar-refractivity contribution in [2.24, 2.45) is 0 Å². The van der Waals surface area contributed by atoms with E-state index in [1.54, 1.807) is 18.4 Å². The van der Waals surface area contributed by atoms with Gasteiger partial charge in [0, 0.05) is 10.8 Å². The summed E-state index contributed by atoms with van der Waals surface area (Å²) in [6.07, 6.45) is 2.14. The van der Waals surface area contributed by atoms with Crippen molar-refractivity contribution >= 4 is 32.4 Å². The molecule has 0 saturated carbocycles. The number of benzene rings is 1. The Hall–Kier alpha value is -1.07. The molecule has 94 valence electrons. The van der Waals surface area contributed by atoms with Crippen LogP contribution in [-0.2, 0) is 6.42 Å². The van der Waals surface area contributed by atoms with Gasteiger partial charge in [0.2, 0.25) is 0 Å². The van der Waals surface area contributed by atoms with Crippen LogP contribution >= 0.6 is 27.3 Å². The Bertz CT molecular complexity index is 597. The van der Waals surface area contributed by atoms with Gasteiger partial charge >= 0.3 is 0 Å². The monoisotopic (exact) mass is 324 g/mol. The molecule has 2 aromatic rings. The SMILES string of the molecule is COc1ccc(C2CCc3nc(N)sc32)cc1Br. The van der Waals surface area contributed by atoms with E-state index in [9.17, 15) is 0 Å². The highest BCUT2D eigenvalue weighted by atomic mass is 79.9. The third-order valence-corrected chi connectivity index (χ3v) is 4.97. The molecule has 1 aromatic heterocycles. The maximum absolute atomic E-state index is 5.78. The molecule has 3 rings (SSSR count). The van der Waals surface area contributed by atoms with Crippen molar-refractivity contribution in [1.82, 2.24) is 4.98 Å². The Morgan fingerprint density at radius 3 is 3.06 bits per heavy atom. The zero-order valence-electron chi connectivity index (χ0n) is 9.94. The number of nitrogen functional groups attached to an aromatic ring is 1. The van der Waals surface area contributed by atoms with Gasteiger partial charge in [-0.1, -0.05) is 6.07 Å². The zero-order valence-corrected chi connectivity index (χ0v) is 12.3. The second-order valence-corrected chi connectivity index (χ2v) is 6.26. The van der Waals surface area contributed by atoms with Gasteiger partial charge in [-0.05, 0) is 46.5 Å². The summed E-state index contributed by atoms with van der Waals surface area (Å²) in [5, 5.41) is 0.678. The van der Waals surface area contributed by atoms with Crippen LogP contribution in [0.15, 0.2) is 22.7 Å². The Labute approximate surface area is 118 Å². The molecular weight excluding hydrogens is 312 g/mol. The van der Waals surface area contributed by atoms with E-state index in [0.29, 0.717) is 11.0 Å². The van der Waals surface area contributed by atoms with Crippen LogP contribution in [0.5, 0.6) is 5.75 Å². The predicted octanol–water partition coefficient (Wildman–Crippen LogP) is 3.57. The van der Waals surface area contributed by atoms with Gasteiger partial charge in [0.15, 0.2) is 5.13 Å². The fourth-order valence-electron chi connectivity index (χ4n) is 2.46. The van der Waals surface area contributed by atoms with Crippen LogP contribution in [0.2, 0.25) is 0 Å². The van der Waals surface area contributed by atoms with Crippen molar-refractivity contribution in [2.75, 3.05) is 12.8 Å². The number of methoxy groups -OCH3 is 1. The van der Waals surface area contributed by atoms with Gasteiger partial charge in [0.1, 0.15) is 5.75 Å². The van der Waals surface area contributed by atoms with Crippen LogP contribution in [0.4, 0.5) is 5.13 Å². The molecule has 1 unspecified atom stereocenters. The van der Waals surface area contributed by atoms with Crippen molar-refractivity contribution in [3.8, 4) is 5.75 Å². The molecule has 2 N–H and O–H groups in total. The van der Waals surface area contributed by atoms with Crippen molar-refractivity contribution in [1.29, 1.82) is 0 Å². The number of halogens is 1. The smallest absolute Gasteiger partial charge is 0.180 e. The van der Waals surface area contributed by atoms with E-state index >= 15 is 0 Å². The molecule has 1 heterocycles. The lowest BCUT2D eigenvalue weighted by atomic mass is 9.98. The number of nitrogens with zero attached hydrogens (tertiary/aromatic N) is 1. The molecule has 0 saturated heterocycles. The average molecular weight is 325 g/mol. The van der Waals surface area contributed by atoms with Crippen molar-refractivity contribution in [3.05, 3.63) is 38.8 Å². The average Bonchev–Trinajstić information content (AvgIpc) is 2.87. The van der Waals surface area contributed by atoms with Crippen LogP contribution in [0, 0.1) is 0 Å². The van der Waals surface area contributed by atoms with Gasteiger partial charge < -0.3 is 10.5 Å². The van der Waals surface area contributed by atoms with E-state index in [-0.39, 0.29) is 0 Å². The molecule has 0 aliphatic heterocycles. The first kappa shape index (κ1) is 12.0. The molecule has 1 aliphatic carbocycles.